The molecule has 4 rings (SSSR count). The molecular weight excluding hydrogens is 586 g/mol. The van der Waals surface area contributed by atoms with Crippen molar-refractivity contribution in [1.29, 1.82) is 0 Å². The van der Waals surface area contributed by atoms with Gasteiger partial charge in [0, 0.05) is 23.1 Å². The zero-order valence-corrected chi connectivity index (χ0v) is 26.0. The van der Waals surface area contributed by atoms with Crippen LogP contribution in [-0.2, 0) is 20.7 Å². The Kier molecular flexibility index (Phi) is 13.0. The second-order valence-electron chi connectivity index (χ2n) is 10.6. The van der Waals surface area contributed by atoms with E-state index in [1.165, 1.54) is 12.1 Å². The maximum atomic E-state index is 15.3. The first kappa shape index (κ1) is 34.0. The highest BCUT2D eigenvalue weighted by Gasteiger charge is 2.14. The van der Waals surface area contributed by atoms with Gasteiger partial charge in [-0.1, -0.05) is 66.8 Å². The van der Waals surface area contributed by atoms with Gasteiger partial charge in [-0.15, -0.1) is 6.58 Å². The number of rotatable bonds is 17. The third-order valence-corrected chi connectivity index (χ3v) is 7.31. The van der Waals surface area contributed by atoms with Crippen LogP contribution < -0.4 is 4.74 Å². The van der Waals surface area contributed by atoms with E-state index in [-0.39, 0.29) is 24.8 Å². The number of esters is 1. The minimum atomic E-state index is -0.441. The first-order chi connectivity index (χ1) is 22.4. The van der Waals surface area contributed by atoms with E-state index in [2.05, 4.69) is 6.58 Å². The van der Waals surface area contributed by atoms with Gasteiger partial charge in [0.1, 0.15) is 17.4 Å². The number of carbonyl (C=O) groups is 2. The number of hydrogen-bond acceptors (Lipinski definition) is 5. The monoisotopic (exact) mass is 624 g/mol. The van der Waals surface area contributed by atoms with Crippen LogP contribution >= 0.6 is 0 Å². The quantitative estimate of drug-likeness (QED) is 0.0507. The fourth-order valence-corrected chi connectivity index (χ4v) is 4.93. The molecule has 0 spiro atoms. The Morgan fingerprint density at radius 1 is 0.804 bits per heavy atom. The van der Waals surface area contributed by atoms with Gasteiger partial charge in [0.25, 0.3) is 0 Å². The minimum absolute atomic E-state index is 0.187. The molecule has 0 aliphatic heterocycles. The van der Waals surface area contributed by atoms with E-state index >= 15 is 4.39 Å². The van der Waals surface area contributed by atoms with Crippen molar-refractivity contribution in [2.24, 2.45) is 0 Å². The second-order valence-corrected chi connectivity index (χ2v) is 10.6. The predicted octanol–water partition coefficient (Wildman–Crippen LogP) is 9.19. The first-order valence-corrected chi connectivity index (χ1v) is 15.3. The topological polar surface area (TPSA) is 61.8 Å². The van der Waals surface area contributed by atoms with Gasteiger partial charge in [0.05, 0.1) is 32.8 Å². The smallest absolute Gasteiger partial charge is 0.308 e. The molecule has 0 radical (unpaired) electrons. The van der Waals surface area contributed by atoms with Crippen molar-refractivity contribution in [3.8, 4) is 39.1 Å². The van der Waals surface area contributed by atoms with Crippen LogP contribution in [0.2, 0.25) is 0 Å². The molecular formula is C39H38F2O5. The summed E-state index contributed by atoms with van der Waals surface area (Å²) in [5.74, 6) is -0.506. The molecule has 0 heterocycles. The van der Waals surface area contributed by atoms with Gasteiger partial charge in [0.2, 0.25) is 0 Å². The highest BCUT2D eigenvalue weighted by molar-refractivity contribution is 5.90. The highest BCUT2D eigenvalue weighted by atomic mass is 19.1. The number of carbonyl (C=O) groups excluding carboxylic acids is 2. The lowest BCUT2D eigenvalue weighted by atomic mass is 9.93. The van der Waals surface area contributed by atoms with Crippen molar-refractivity contribution >= 4 is 12.3 Å². The molecule has 4 aromatic rings. The van der Waals surface area contributed by atoms with E-state index in [4.69, 9.17) is 14.2 Å². The molecule has 238 valence electrons. The van der Waals surface area contributed by atoms with E-state index in [0.29, 0.717) is 77.2 Å². The van der Waals surface area contributed by atoms with Crippen molar-refractivity contribution in [2.45, 2.75) is 32.6 Å². The van der Waals surface area contributed by atoms with Crippen LogP contribution in [0.15, 0.2) is 104 Å². The van der Waals surface area contributed by atoms with Crippen LogP contribution in [0.3, 0.4) is 0 Å². The van der Waals surface area contributed by atoms with Gasteiger partial charge in [-0.05, 0) is 77.9 Å². The second kappa shape index (κ2) is 17.6. The lowest BCUT2D eigenvalue weighted by molar-refractivity contribution is -0.145. The molecule has 4 aromatic carbocycles. The number of halogens is 2. The molecule has 5 nitrogen and oxygen atoms in total. The summed E-state index contributed by atoms with van der Waals surface area (Å²) in [6.45, 7) is 6.78. The van der Waals surface area contributed by atoms with E-state index in [0.717, 1.165) is 18.4 Å². The largest absolute Gasteiger partial charge is 0.493 e. The summed E-state index contributed by atoms with van der Waals surface area (Å²) >= 11 is 0. The summed E-state index contributed by atoms with van der Waals surface area (Å²) in [5.41, 5.74) is 4.40. The van der Waals surface area contributed by atoms with Crippen molar-refractivity contribution in [1.82, 2.24) is 0 Å². The van der Waals surface area contributed by atoms with Crippen LogP contribution in [0.4, 0.5) is 8.78 Å². The number of aryl methyl sites for hydroxylation is 1. The van der Waals surface area contributed by atoms with Gasteiger partial charge in [-0.3, -0.25) is 9.59 Å². The number of aldehydes is 1. The summed E-state index contributed by atoms with van der Waals surface area (Å²) in [4.78, 5) is 23.7. The maximum absolute atomic E-state index is 15.3. The Morgan fingerprint density at radius 3 is 2.17 bits per heavy atom. The fourth-order valence-electron chi connectivity index (χ4n) is 4.93. The van der Waals surface area contributed by atoms with Gasteiger partial charge in [-0.2, -0.15) is 0 Å². The Hall–Kier alpha value is -4.88. The molecule has 0 bridgehead atoms. The molecule has 0 saturated carbocycles. The van der Waals surface area contributed by atoms with E-state index < -0.39 is 5.82 Å². The molecule has 0 aliphatic carbocycles. The average molecular weight is 625 g/mol. The molecule has 0 N–H and O–H groups in total. The minimum Gasteiger partial charge on any atom is -0.493 e. The summed E-state index contributed by atoms with van der Waals surface area (Å²) in [6, 6.07) is 22.1. The van der Waals surface area contributed by atoms with Gasteiger partial charge >= 0.3 is 5.97 Å². The molecule has 7 heteroatoms. The van der Waals surface area contributed by atoms with Gasteiger partial charge in [-0.25, -0.2) is 8.78 Å². The highest BCUT2D eigenvalue weighted by Crippen LogP contribution is 2.33. The number of hydrogen-bond donors (Lipinski definition) is 0. The lowest BCUT2D eigenvalue weighted by Crippen LogP contribution is -2.11. The SMILES string of the molecule is C=CCOCCC(=O)OCCCOc1ccc(-c2ccc(-c3ccc(-c4ccc(CC/C=C/C)cc4F)cc3C=O)cc2F)cc1. The van der Waals surface area contributed by atoms with Crippen LogP contribution in [-0.4, -0.2) is 38.7 Å². The van der Waals surface area contributed by atoms with E-state index in [1.807, 2.05) is 25.1 Å². The summed E-state index contributed by atoms with van der Waals surface area (Å²) < 4.78 is 46.4. The van der Waals surface area contributed by atoms with Gasteiger partial charge < -0.3 is 14.2 Å². The summed E-state index contributed by atoms with van der Waals surface area (Å²) in [7, 11) is 0. The predicted molar refractivity (Wildman–Crippen MR) is 178 cm³/mol. The molecule has 0 saturated heterocycles. The molecule has 0 unspecified atom stereocenters. The van der Waals surface area contributed by atoms with Gasteiger partial charge in [0.15, 0.2) is 6.29 Å². The van der Waals surface area contributed by atoms with Crippen LogP contribution in [0, 0.1) is 11.6 Å². The third-order valence-electron chi connectivity index (χ3n) is 7.31. The Balaban J connectivity index is 1.36. The third kappa shape index (κ3) is 9.56. The molecule has 46 heavy (non-hydrogen) atoms. The molecule has 0 aromatic heterocycles. The number of ether oxygens (including phenoxy) is 3. The normalized spacial score (nSPS) is 11.0. The standard InChI is InChI=1S/C39H38F2O5/c1-3-5-6-8-28-9-16-36(37(40)24-28)30-12-17-34(32(25-30)27-42)31-13-18-35(38(41)26-31)29-10-14-33(15-11-29)45-21-7-22-46-39(43)19-23-44-20-4-2/h3-5,9-18,24-27H,2,6-8,19-23H2,1H3/b5-3+. The zero-order chi connectivity index (χ0) is 32.7. The van der Waals surface area contributed by atoms with E-state index in [1.54, 1.807) is 66.7 Å². The number of allylic oxidation sites excluding steroid dienone is 2. The Morgan fingerprint density at radius 2 is 1.48 bits per heavy atom. The Labute approximate surface area is 269 Å². The van der Waals surface area contributed by atoms with E-state index in [9.17, 15) is 14.0 Å². The van der Waals surface area contributed by atoms with Crippen molar-refractivity contribution < 1.29 is 32.6 Å². The van der Waals surface area contributed by atoms with Crippen LogP contribution in [0.5, 0.6) is 5.75 Å². The molecule has 0 atom stereocenters. The van der Waals surface area contributed by atoms with Crippen LogP contribution in [0.25, 0.3) is 33.4 Å². The first-order valence-electron chi connectivity index (χ1n) is 15.3. The Bertz CT molecular complexity index is 1660. The maximum Gasteiger partial charge on any atom is 0.308 e. The molecule has 0 aliphatic rings. The van der Waals surface area contributed by atoms with Crippen LogP contribution in [0.1, 0.15) is 42.1 Å². The average Bonchev–Trinajstić information content (AvgIpc) is 3.07. The van der Waals surface area contributed by atoms with Crippen molar-refractivity contribution in [3.63, 3.8) is 0 Å². The zero-order valence-electron chi connectivity index (χ0n) is 26.0. The summed E-state index contributed by atoms with van der Waals surface area (Å²) in [5, 5.41) is 0. The molecule has 0 fully saturated rings. The van der Waals surface area contributed by atoms with Crippen molar-refractivity contribution in [3.05, 3.63) is 126 Å². The lowest BCUT2D eigenvalue weighted by Gasteiger charge is -2.12. The molecule has 0 amide bonds. The number of benzene rings is 4. The van der Waals surface area contributed by atoms with Crippen molar-refractivity contribution in [2.75, 3.05) is 26.4 Å². The fraction of sp³-hybridized carbons (Fsp3) is 0.231. The summed E-state index contributed by atoms with van der Waals surface area (Å²) in [6.07, 6.45) is 8.63.